The van der Waals surface area contributed by atoms with E-state index in [1.165, 1.54) is 16.7 Å². The average molecular weight is 247 g/mol. The molecule has 0 bridgehead atoms. The van der Waals surface area contributed by atoms with Crippen LogP contribution in [0.15, 0.2) is 18.2 Å². The molecule has 1 fully saturated rings. The van der Waals surface area contributed by atoms with Gasteiger partial charge in [0.15, 0.2) is 0 Å². The summed E-state index contributed by atoms with van der Waals surface area (Å²) in [7, 11) is 0. The maximum atomic E-state index is 6.02. The van der Waals surface area contributed by atoms with Crippen molar-refractivity contribution in [1.82, 2.24) is 5.32 Å². The second-order valence-electron chi connectivity index (χ2n) is 5.75. The second kappa shape index (κ2) is 5.41. The van der Waals surface area contributed by atoms with Crippen LogP contribution in [0.2, 0.25) is 0 Å². The van der Waals surface area contributed by atoms with Gasteiger partial charge in [-0.1, -0.05) is 25.1 Å². The Bertz CT molecular complexity index is 416. The van der Waals surface area contributed by atoms with Crippen LogP contribution in [0.4, 0.5) is 0 Å². The van der Waals surface area contributed by atoms with E-state index in [1.807, 2.05) is 0 Å². The number of hydrogen-bond donors (Lipinski definition) is 1. The molecule has 2 heteroatoms. The summed E-state index contributed by atoms with van der Waals surface area (Å²) in [5.74, 6) is 0. The third-order valence-electron chi connectivity index (χ3n) is 4.37. The Kier molecular flexibility index (Phi) is 4.08. The Labute approximate surface area is 111 Å². The van der Waals surface area contributed by atoms with Crippen molar-refractivity contribution >= 4 is 0 Å². The fourth-order valence-electron chi connectivity index (χ4n) is 2.39. The summed E-state index contributed by atoms with van der Waals surface area (Å²) in [6.45, 7) is 10.6. The highest BCUT2D eigenvalue weighted by atomic mass is 16.5. The molecular formula is C16H25NO. The molecule has 0 saturated carbocycles. The summed E-state index contributed by atoms with van der Waals surface area (Å²) in [6, 6.07) is 6.65. The van der Waals surface area contributed by atoms with Crippen molar-refractivity contribution < 1.29 is 4.74 Å². The molecule has 2 rings (SSSR count). The van der Waals surface area contributed by atoms with Gasteiger partial charge in [0.1, 0.15) is 0 Å². The summed E-state index contributed by atoms with van der Waals surface area (Å²) >= 11 is 0. The van der Waals surface area contributed by atoms with Crippen LogP contribution in [0.3, 0.4) is 0 Å². The highest BCUT2D eigenvalue weighted by molar-refractivity contribution is 5.31. The lowest BCUT2D eigenvalue weighted by atomic mass is 9.95. The largest absolute Gasteiger partial charge is 0.372 e. The van der Waals surface area contributed by atoms with Crippen molar-refractivity contribution in [1.29, 1.82) is 0 Å². The second-order valence-corrected chi connectivity index (χ2v) is 5.75. The molecule has 100 valence electrons. The molecule has 1 aromatic rings. The van der Waals surface area contributed by atoms with Crippen LogP contribution in [-0.2, 0) is 4.74 Å². The molecule has 1 heterocycles. The molecule has 0 radical (unpaired) electrons. The molecule has 1 aliphatic heterocycles. The van der Waals surface area contributed by atoms with Crippen LogP contribution in [0.5, 0.6) is 0 Å². The van der Waals surface area contributed by atoms with Gasteiger partial charge in [0.25, 0.3) is 0 Å². The lowest BCUT2D eigenvalue weighted by molar-refractivity contribution is 0.0653. The number of nitrogens with one attached hydrogen (secondary N) is 1. The lowest BCUT2D eigenvalue weighted by Crippen LogP contribution is -2.42. The van der Waals surface area contributed by atoms with Crippen LogP contribution in [0.25, 0.3) is 0 Å². The minimum Gasteiger partial charge on any atom is -0.372 e. The number of benzene rings is 1. The fraction of sp³-hybridized carbons (Fsp3) is 0.625. The topological polar surface area (TPSA) is 21.3 Å². The molecule has 2 nitrogen and oxygen atoms in total. The fourth-order valence-corrected chi connectivity index (χ4v) is 2.39. The minimum absolute atomic E-state index is 0.192. The van der Waals surface area contributed by atoms with E-state index in [4.69, 9.17) is 4.74 Å². The van der Waals surface area contributed by atoms with Gasteiger partial charge in [-0.2, -0.15) is 0 Å². The van der Waals surface area contributed by atoms with E-state index in [0.717, 1.165) is 26.0 Å². The molecule has 1 saturated heterocycles. The van der Waals surface area contributed by atoms with Crippen LogP contribution in [0, 0.1) is 13.8 Å². The zero-order valence-corrected chi connectivity index (χ0v) is 12.0. The van der Waals surface area contributed by atoms with Gasteiger partial charge in [-0.15, -0.1) is 0 Å². The van der Waals surface area contributed by atoms with E-state index in [2.05, 4.69) is 51.2 Å². The van der Waals surface area contributed by atoms with Gasteiger partial charge in [-0.25, -0.2) is 0 Å². The summed E-state index contributed by atoms with van der Waals surface area (Å²) in [5, 5.41) is 3.67. The van der Waals surface area contributed by atoms with E-state index in [1.54, 1.807) is 0 Å². The molecular weight excluding hydrogens is 222 g/mol. The molecule has 0 spiro atoms. The smallest absolute Gasteiger partial charge is 0.0949 e. The molecule has 2 atom stereocenters. The standard InChI is InChI=1S/C16H25NO/c1-5-16(4)8-9-18-15(11-17-16)14-7-6-12(2)13(3)10-14/h6-7,10,15,17H,5,8-9,11H2,1-4H3. The normalized spacial score (nSPS) is 29.0. The Morgan fingerprint density at radius 3 is 2.78 bits per heavy atom. The summed E-state index contributed by atoms with van der Waals surface area (Å²) in [6.07, 6.45) is 2.43. The van der Waals surface area contributed by atoms with Gasteiger partial charge in [0.2, 0.25) is 0 Å². The van der Waals surface area contributed by atoms with Gasteiger partial charge in [-0.3, -0.25) is 0 Å². The van der Waals surface area contributed by atoms with Crippen molar-refractivity contribution in [2.24, 2.45) is 0 Å². The molecule has 1 aromatic carbocycles. The summed E-state index contributed by atoms with van der Waals surface area (Å²) in [4.78, 5) is 0. The van der Waals surface area contributed by atoms with Crippen molar-refractivity contribution in [3.8, 4) is 0 Å². The first-order valence-corrected chi connectivity index (χ1v) is 6.98. The monoisotopic (exact) mass is 247 g/mol. The van der Waals surface area contributed by atoms with E-state index in [-0.39, 0.29) is 11.6 Å². The molecule has 1 aliphatic rings. The lowest BCUT2D eigenvalue weighted by Gasteiger charge is -2.27. The molecule has 18 heavy (non-hydrogen) atoms. The zero-order valence-electron chi connectivity index (χ0n) is 12.0. The third-order valence-corrected chi connectivity index (χ3v) is 4.37. The van der Waals surface area contributed by atoms with Crippen LogP contribution < -0.4 is 5.32 Å². The van der Waals surface area contributed by atoms with Gasteiger partial charge in [-0.05, 0) is 50.3 Å². The maximum absolute atomic E-state index is 6.02. The number of aryl methyl sites for hydroxylation is 2. The molecule has 0 aromatic heterocycles. The van der Waals surface area contributed by atoms with Crippen LogP contribution in [-0.4, -0.2) is 18.7 Å². The average Bonchev–Trinajstić information content (AvgIpc) is 2.56. The van der Waals surface area contributed by atoms with Gasteiger partial charge in [0, 0.05) is 18.7 Å². The van der Waals surface area contributed by atoms with E-state index in [0.29, 0.717) is 0 Å². The van der Waals surface area contributed by atoms with Crippen LogP contribution in [0.1, 0.15) is 49.5 Å². The Morgan fingerprint density at radius 2 is 2.11 bits per heavy atom. The van der Waals surface area contributed by atoms with Gasteiger partial charge < -0.3 is 10.1 Å². The first-order chi connectivity index (χ1) is 8.54. The summed E-state index contributed by atoms with van der Waals surface area (Å²) in [5.41, 5.74) is 4.22. The minimum atomic E-state index is 0.192. The third kappa shape index (κ3) is 2.93. The quantitative estimate of drug-likeness (QED) is 0.863. The zero-order chi connectivity index (χ0) is 13.2. The van der Waals surface area contributed by atoms with E-state index >= 15 is 0 Å². The van der Waals surface area contributed by atoms with Crippen molar-refractivity contribution in [3.05, 3.63) is 34.9 Å². The Hall–Kier alpha value is -0.860. The highest BCUT2D eigenvalue weighted by Gasteiger charge is 2.27. The number of hydrogen-bond acceptors (Lipinski definition) is 2. The molecule has 0 amide bonds. The van der Waals surface area contributed by atoms with Gasteiger partial charge >= 0.3 is 0 Å². The van der Waals surface area contributed by atoms with Crippen molar-refractivity contribution in [2.45, 2.75) is 52.2 Å². The first kappa shape index (κ1) is 13.6. The molecule has 1 N–H and O–H groups in total. The highest BCUT2D eigenvalue weighted by Crippen LogP contribution is 2.26. The predicted molar refractivity (Wildman–Crippen MR) is 75.9 cm³/mol. The Balaban J connectivity index is 2.12. The van der Waals surface area contributed by atoms with Crippen molar-refractivity contribution in [2.75, 3.05) is 13.2 Å². The Morgan fingerprint density at radius 1 is 1.33 bits per heavy atom. The number of rotatable bonds is 2. The SMILES string of the molecule is CCC1(C)CCOC(c2ccc(C)c(C)c2)CN1. The van der Waals surface area contributed by atoms with Crippen LogP contribution >= 0.6 is 0 Å². The van der Waals surface area contributed by atoms with Gasteiger partial charge in [0.05, 0.1) is 6.10 Å². The van der Waals surface area contributed by atoms with Crippen molar-refractivity contribution in [3.63, 3.8) is 0 Å². The summed E-state index contributed by atoms with van der Waals surface area (Å²) < 4.78 is 6.02. The van der Waals surface area contributed by atoms with E-state index in [9.17, 15) is 0 Å². The van der Waals surface area contributed by atoms with E-state index < -0.39 is 0 Å². The molecule has 2 unspecified atom stereocenters. The maximum Gasteiger partial charge on any atom is 0.0949 e. The first-order valence-electron chi connectivity index (χ1n) is 6.98. The number of ether oxygens (including phenoxy) is 1. The predicted octanol–water partition coefficient (Wildman–Crippen LogP) is 3.52. The molecule has 0 aliphatic carbocycles.